The first-order valence-electron chi connectivity index (χ1n) is 7.62. The van der Waals surface area contributed by atoms with Crippen LogP contribution in [-0.2, 0) is 10.0 Å². The number of hydrogen-bond donors (Lipinski definition) is 1. The summed E-state index contributed by atoms with van der Waals surface area (Å²) in [5.41, 5.74) is 0. The fourth-order valence-electron chi connectivity index (χ4n) is 3.01. The molecule has 1 aromatic rings. The average molecular weight is 331 g/mol. The number of thiophene rings is 1. The molecule has 2 rings (SSSR count). The highest BCUT2D eigenvalue weighted by Gasteiger charge is 2.27. The number of aryl methyl sites for hydroxylation is 2. The highest BCUT2D eigenvalue weighted by atomic mass is 32.2. The molecule has 0 saturated carbocycles. The summed E-state index contributed by atoms with van der Waals surface area (Å²) in [6, 6.07) is 2.05. The third kappa shape index (κ3) is 4.06. The van der Waals surface area contributed by atoms with Crippen molar-refractivity contribution in [2.75, 3.05) is 19.6 Å². The van der Waals surface area contributed by atoms with Crippen molar-refractivity contribution in [2.24, 2.45) is 5.92 Å². The molecule has 1 fully saturated rings. The van der Waals surface area contributed by atoms with E-state index in [-0.39, 0.29) is 6.04 Å². The van der Waals surface area contributed by atoms with E-state index in [2.05, 4.69) is 23.5 Å². The van der Waals surface area contributed by atoms with E-state index in [1.807, 2.05) is 13.8 Å². The molecule has 120 valence electrons. The zero-order chi connectivity index (χ0) is 15.6. The van der Waals surface area contributed by atoms with E-state index in [9.17, 15) is 8.42 Å². The fraction of sp³-hybridized carbons (Fsp3) is 0.733. The van der Waals surface area contributed by atoms with Gasteiger partial charge in [-0.25, -0.2) is 13.1 Å². The molecule has 0 radical (unpaired) electrons. The van der Waals surface area contributed by atoms with Crippen molar-refractivity contribution in [3.05, 3.63) is 15.8 Å². The number of sulfonamides is 1. The van der Waals surface area contributed by atoms with Gasteiger partial charge in [0.15, 0.2) is 0 Å². The fourth-order valence-corrected chi connectivity index (χ4v) is 5.61. The van der Waals surface area contributed by atoms with Gasteiger partial charge in [-0.05, 0) is 51.8 Å². The first-order valence-corrected chi connectivity index (χ1v) is 9.92. The molecule has 0 amide bonds. The van der Waals surface area contributed by atoms with Gasteiger partial charge in [-0.1, -0.05) is 13.8 Å². The van der Waals surface area contributed by atoms with Crippen LogP contribution in [0.3, 0.4) is 0 Å². The van der Waals surface area contributed by atoms with Crippen molar-refractivity contribution in [3.8, 4) is 0 Å². The molecule has 0 spiro atoms. The molecule has 1 saturated heterocycles. The number of nitrogens with one attached hydrogen (secondary N) is 1. The van der Waals surface area contributed by atoms with Gasteiger partial charge in [-0.3, -0.25) is 4.90 Å². The van der Waals surface area contributed by atoms with Gasteiger partial charge in [0, 0.05) is 22.3 Å². The maximum Gasteiger partial charge on any atom is 0.241 e. The van der Waals surface area contributed by atoms with Crippen molar-refractivity contribution in [1.29, 1.82) is 0 Å². The molecule has 0 bridgehead atoms. The van der Waals surface area contributed by atoms with Gasteiger partial charge in [0.05, 0.1) is 4.90 Å². The molecule has 0 aromatic carbocycles. The molecule has 1 aromatic heterocycles. The number of nitrogens with zero attached hydrogens (tertiary/aromatic N) is 1. The van der Waals surface area contributed by atoms with E-state index in [0.29, 0.717) is 17.4 Å². The Bertz CT molecular complexity index is 572. The number of likely N-dealkylation sites (tertiary alicyclic amines) is 1. The van der Waals surface area contributed by atoms with Gasteiger partial charge in [0.2, 0.25) is 10.0 Å². The second-order valence-corrected chi connectivity index (χ2v) is 9.38. The van der Waals surface area contributed by atoms with Crippen LogP contribution < -0.4 is 4.72 Å². The molecular weight excluding hydrogens is 304 g/mol. The summed E-state index contributed by atoms with van der Waals surface area (Å²) in [7, 11) is -3.39. The van der Waals surface area contributed by atoms with Crippen LogP contribution in [-0.4, -0.2) is 39.0 Å². The van der Waals surface area contributed by atoms with Crippen molar-refractivity contribution >= 4 is 21.4 Å². The molecule has 1 aliphatic rings. The third-order valence-corrected chi connectivity index (χ3v) is 6.79. The number of hydrogen-bond acceptors (Lipinski definition) is 4. The summed E-state index contributed by atoms with van der Waals surface area (Å²) in [5, 5.41) is 0. The standard InChI is InChI=1S/C15H26N2O2S2/c1-11(2)14(17-7-5-6-8-17)10-16-21(18,19)15-9-12(3)20-13(15)4/h9,11,14,16H,5-8,10H2,1-4H3/t14-/m1/s1. The van der Waals surface area contributed by atoms with Gasteiger partial charge < -0.3 is 0 Å². The zero-order valence-corrected chi connectivity index (χ0v) is 15.0. The monoisotopic (exact) mass is 330 g/mol. The van der Waals surface area contributed by atoms with Gasteiger partial charge >= 0.3 is 0 Å². The van der Waals surface area contributed by atoms with Crippen LogP contribution in [0, 0.1) is 19.8 Å². The van der Waals surface area contributed by atoms with E-state index in [4.69, 9.17) is 0 Å². The predicted octanol–water partition coefficient (Wildman–Crippen LogP) is 2.76. The Morgan fingerprint density at radius 2 is 1.90 bits per heavy atom. The number of rotatable bonds is 6. The summed E-state index contributed by atoms with van der Waals surface area (Å²) in [6.07, 6.45) is 2.44. The summed E-state index contributed by atoms with van der Waals surface area (Å²) in [5.74, 6) is 0.441. The minimum atomic E-state index is -3.39. The average Bonchev–Trinajstić information content (AvgIpc) is 2.99. The zero-order valence-electron chi connectivity index (χ0n) is 13.3. The molecule has 4 nitrogen and oxygen atoms in total. The maximum atomic E-state index is 12.5. The van der Waals surface area contributed by atoms with Crippen molar-refractivity contribution in [2.45, 2.75) is 51.5 Å². The summed E-state index contributed by atoms with van der Waals surface area (Å²) in [6.45, 7) is 10.8. The van der Waals surface area contributed by atoms with Gasteiger partial charge in [0.1, 0.15) is 0 Å². The van der Waals surface area contributed by atoms with Crippen LogP contribution in [0.15, 0.2) is 11.0 Å². The molecular formula is C15H26N2O2S2. The molecule has 1 aliphatic heterocycles. The topological polar surface area (TPSA) is 49.4 Å². The Hall–Kier alpha value is -0.430. The van der Waals surface area contributed by atoms with Crippen LogP contribution in [0.1, 0.15) is 36.4 Å². The SMILES string of the molecule is Cc1cc(S(=O)(=O)NC[C@H](C(C)C)N2CCCC2)c(C)s1. The predicted molar refractivity (Wildman–Crippen MR) is 88.4 cm³/mol. The Labute approximate surface area is 132 Å². The van der Waals surface area contributed by atoms with E-state index in [0.717, 1.165) is 22.8 Å². The smallest absolute Gasteiger partial charge is 0.241 e. The van der Waals surface area contributed by atoms with Gasteiger partial charge in [0.25, 0.3) is 0 Å². The Morgan fingerprint density at radius 1 is 1.29 bits per heavy atom. The summed E-state index contributed by atoms with van der Waals surface area (Å²) in [4.78, 5) is 4.75. The van der Waals surface area contributed by atoms with Crippen LogP contribution in [0.2, 0.25) is 0 Å². The summed E-state index contributed by atoms with van der Waals surface area (Å²) >= 11 is 1.53. The van der Waals surface area contributed by atoms with Crippen molar-refractivity contribution < 1.29 is 8.42 Å². The van der Waals surface area contributed by atoms with Gasteiger partial charge in [-0.2, -0.15) is 0 Å². The van der Waals surface area contributed by atoms with E-state index < -0.39 is 10.0 Å². The minimum absolute atomic E-state index is 0.280. The normalized spacial score (nSPS) is 18.5. The quantitative estimate of drug-likeness (QED) is 0.872. The lowest BCUT2D eigenvalue weighted by Gasteiger charge is -2.30. The Morgan fingerprint density at radius 3 is 2.38 bits per heavy atom. The first-order chi connectivity index (χ1) is 9.81. The lowest BCUT2D eigenvalue weighted by Crippen LogP contribution is -2.45. The lowest BCUT2D eigenvalue weighted by molar-refractivity contribution is 0.193. The first kappa shape index (κ1) is 16.9. The molecule has 0 aliphatic carbocycles. The van der Waals surface area contributed by atoms with Gasteiger partial charge in [-0.15, -0.1) is 11.3 Å². The van der Waals surface area contributed by atoms with E-state index >= 15 is 0 Å². The third-order valence-electron chi connectivity index (χ3n) is 4.15. The summed E-state index contributed by atoms with van der Waals surface area (Å²) < 4.78 is 27.8. The largest absolute Gasteiger partial charge is 0.299 e. The lowest BCUT2D eigenvalue weighted by atomic mass is 10.0. The van der Waals surface area contributed by atoms with E-state index in [1.54, 1.807) is 6.07 Å². The van der Waals surface area contributed by atoms with Crippen molar-refractivity contribution in [1.82, 2.24) is 9.62 Å². The molecule has 0 unspecified atom stereocenters. The highest BCUT2D eigenvalue weighted by molar-refractivity contribution is 7.89. The van der Waals surface area contributed by atoms with Crippen LogP contribution >= 0.6 is 11.3 Å². The van der Waals surface area contributed by atoms with Crippen LogP contribution in [0.25, 0.3) is 0 Å². The van der Waals surface area contributed by atoms with E-state index in [1.165, 1.54) is 24.2 Å². The minimum Gasteiger partial charge on any atom is -0.299 e. The molecule has 1 N–H and O–H groups in total. The Kier molecular flexibility index (Phi) is 5.46. The molecule has 2 heterocycles. The second kappa shape index (κ2) is 6.77. The Balaban J connectivity index is 2.07. The van der Waals surface area contributed by atoms with Crippen molar-refractivity contribution in [3.63, 3.8) is 0 Å². The molecule has 1 atom stereocenters. The van der Waals surface area contributed by atoms with Crippen LogP contribution in [0.4, 0.5) is 0 Å². The molecule has 21 heavy (non-hydrogen) atoms. The van der Waals surface area contributed by atoms with Crippen LogP contribution in [0.5, 0.6) is 0 Å². The maximum absolute atomic E-state index is 12.5. The second-order valence-electron chi connectivity index (χ2n) is 6.18. The molecule has 6 heteroatoms. The highest BCUT2D eigenvalue weighted by Crippen LogP contribution is 2.25.